The summed E-state index contributed by atoms with van der Waals surface area (Å²) in [4.78, 5) is 17.6. The molecule has 6 nitrogen and oxygen atoms in total. The molecule has 11 heteroatoms. The maximum atomic E-state index is 13.9. The third kappa shape index (κ3) is 3.36. The van der Waals surface area contributed by atoms with Crippen molar-refractivity contribution in [2.75, 3.05) is 17.2 Å². The first-order chi connectivity index (χ1) is 15.2. The molecular formula is C21H13ClF4N6. The smallest absolute Gasteiger partial charge is 0.368 e. The Bertz CT molecular complexity index is 1370. The van der Waals surface area contributed by atoms with Crippen molar-refractivity contribution in [2.24, 2.45) is 0 Å². The van der Waals surface area contributed by atoms with Crippen LogP contribution in [0.4, 0.5) is 35.0 Å². The molecule has 2 aromatic heterocycles. The zero-order valence-corrected chi connectivity index (χ0v) is 16.9. The monoisotopic (exact) mass is 460 g/mol. The van der Waals surface area contributed by atoms with Crippen LogP contribution in [0.1, 0.15) is 11.3 Å². The van der Waals surface area contributed by atoms with Gasteiger partial charge in [-0.15, -0.1) is 0 Å². The van der Waals surface area contributed by atoms with Crippen molar-refractivity contribution in [3.05, 3.63) is 65.0 Å². The molecule has 1 aliphatic rings. The average molecular weight is 461 g/mol. The van der Waals surface area contributed by atoms with Gasteiger partial charge in [-0.2, -0.15) is 13.2 Å². The summed E-state index contributed by atoms with van der Waals surface area (Å²) in [5.74, 6) is -0.503. The Kier molecular flexibility index (Phi) is 4.63. The zero-order chi connectivity index (χ0) is 22.6. The lowest BCUT2D eigenvalue weighted by Gasteiger charge is -2.20. The van der Waals surface area contributed by atoms with Gasteiger partial charge in [0.15, 0.2) is 5.69 Å². The number of nitrogens with zero attached hydrogens (tertiary/aromatic N) is 5. The van der Waals surface area contributed by atoms with E-state index in [2.05, 4.69) is 19.9 Å². The summed E-state index contributed by atoms with van der Waals surface area (Å²) >= 11 is 5.98. The van der Waals surface area contributed by atoms with Gasteiger partial charge in [0.1, 0.15) is 18.0 Å². The van der Waals surface area contributed by atoms with E-state index in [-0.39, 0.29) is 16.1 Å². The van der Waals surface area contributed by atoms with Crippen molar-refractivity contribution < 1.29 is 17.6 Å². The second-order valence-corrected chi connectivity index (χ2v) is 7.62. The number of anilines is 3. The molecule has 32 heavy (non-hydrogen) atoms. The molecule has 0 atom stereocenters. The third-order valence-corrected chi connectivity index (χ3v) is 5.56. The van der Waals surface area contributed by atoms with E-state index in [1.54, 1.807) is 12.1 Å². The van der Waals surface area contributed by atoms with Crippen LogP contribution in [0.25, 0.3) is 22.0 Å². The lowest BCUT2D eigenvalue weighted by Crippen LogP contribution is -2.15. The van der Waals surface area contributed by atoms with Gasteiger partial charge in [-0.3, -0.25) is 0 Å². The van der Waals surface area contributed by atoms with Crippen LogP contribution in [-0.2, 0) is 12.6 Å². The Hall–Kier alpha value is -3.53. The summed E-state index contributed by atoms with van der Waals surface area (Å²) in [5.41, 5.74) is 6.26. The van der Waals surface area contributed by atoms with Crippen molar-refractivity contribution in [1.29, 1.82) is 0 Å². The number of hydrogen-bond donors (Lipinski definition) is 1. The molecular weight excluding hydrogens is 448 g/mol. The van der Waals surface area contributed by atoms with Gasteiger partial charge < -0.3 is 10.6 Å². The summed E-state index contributed by atoms with van der Waals surface area (Å²) in [7, 11) is 0. The predicted octanol–water partition coefficient (Wildman–Crippen LogP) is 5.17. The van der Waals surface area contributed by atoms with Crippen LogP contribution < -0.4 is 10.6 Å². The van der Waals surface area contributed by atoms with Gasteiger partial charge in [0, 0.05) is 29.4 Å². The highest BCUT2D eigenvalue weighted by atomic mass is 35.5. The summed E-state index contributed by atoms with van der Waals surface area (Å²) in [6, 6.07) is 7.56. The molecule has 162 valence electrons. The minimum atomic E-state index is -4.72. The maximum Gasteiger partial charge on any atom is 0.434 e. The molecule has 2 aromatic carbocycles. The molecule has 0 saturated heterocycles. The molecule has 0 radical (unpaired) electrons. The fourth-order valence-corrected chi connectivity index (χ4v) is 4.01. The van der Waals surface area contributed by atoms with Gasteiger partial charge in [-0.05, 0) is 41.8 Å². The summed E-state index contributed by atoms with van der Waals surface area (Å²) in [6.07, 6.45) is -1.73. The van der Waals surface area contributed by atoms with Crippen LogP contribution in [0, 0.1) is 5.82 Å². The second kappa shape index (κ2) is 7.27. The standard InChI is InChI=1S/C21H13ClF4N6/c22-14-7-17-11(6-15(14)23)3-4-32(17)19-12-5-10(1-2-16(12)29-9-30-19)13-8-28-20(27)31-18(13)21(24,25)26/h1-2,5-9H,3-4H2,(H2,27,28,31). The third-order valence-electron chi connectivity index (χ3n) is 5.27. The number of alkyl halides is 3. The Morgan fingerprint density at radius 3 is 2.66 bits per heavy atom. The van der Waals surface area contributed by atoms with Crippen molar-refractivity contribution in [3.8, 4) is 11.1 Å². The fourth-order valence-electron chi connectivity index (χ4n) is 3.85. The van der Waals surface area contributed by atoms with Crippen molar-refractivity contribution in [2.45, 2.75) is 12.6 Å². The number of fused-ring (bicyclic) bond motifs is 2. The predicted molar refractivity (Wildman–Crippen MR) is 112 cm³/mol. The van der Waals surface area contributed by atoms with Gasteiger partial charge >= 0.3 is 6.18 Å². The van der Waals surface area contributed by atoms with E-state index in [4.69, 9.17) is 17.3 Å². The maximum absolute atomic E-state index is 13.9. The molecule has 0 bridgehead atoms. The molecule has 3 heterocycles. The van der Waals surface area contributed by atoms with Crippen LogP contribution >= 0.6 is 11.6 Å². The SMILES string of the molecule is Nc1ncc(-c2ccc3ncnc(N4CCc5cc(F)c(Cl)cc54)c3c2)c(C(F)(F)F)n1. The quantitative estimate of drug-likeness (QED) is 0.415. The van der Waals surface area contributed by atoms with Crippen LogP contribution in [0.2, 0.25) is 5.02 Å². The van der Waals surface area contributed by atoms with Crippen LogP contribution in [0.3, 0.4) is 0 Å². The van der Waals surface area contributed by atoms with E-state index in [1.165, 1.54) is 24.5 Å². The fraction of sp³-hybridized carbons (Fsp3) is 0.143. The largest absolute Gasteiger partial charge is 0.434 e. The number of nitrogens with two attached hydrogens (primary N) is 1. The first kappa shape index (κ1) is 20.4. The highest BCUT2D eigenvalue weighted by Crippen LogP contribution is 2.41. The molecule has 0 unspecified atom stereocenters. The summed E-state index contributed by atoms with van der Waals surface area (Å²) in [5, 5.41) is 0.492. The van der Waals surface area contributed by atoms with Gasteiger partial charge in [0.05, 0.1) is 10.5 Å². The average Bonchev–Trinajstić information content (AvgIpc) is 3.15. The Morgan fingerprint density at radius 1 is 1.06 bits per heavy atom. The zero-order valence-electron chi connectivity index (χ0n) is 16.2. The molecule has 0 saturated carbocycles. The first-order valence-electron chi connectivity index (χ1n) is 9.42. The van der Waals surface area contributed by atoms with E-state index >= 15 is 0 Å². The molecule has 4 aromatic rings. The molecule has 1 aliphatic heterocycles. The van der Waals surface area contributed by atoms with E-state index in [0.29, 0.717) is 35.4 Å². The molecule has 0 fully saturated rings. The van der Waals surface area contributed by atoms with Gasteiger partial charge in [-0.1, -0.05) is 17.7 Å². The minimum Gasteiger partial charge on any atom is -0.368 e. The molecule has 0 spiro atoms. The van der Waals surface area contributed by atoms with Crippen molar-refractivity contribution in [1.82, 2.24) is 19.9 Å². The Morgan fingerprint density at radius 2 is 1.88 bits per heavy atom. The Balaban J connectivity index is 1.69. The van der Waals surface area contributed by atoms with E-state index in [0.717, 1.165) is 11.8 Å². The number of rotatable bonds is 2. The van der Waals surface area contributed by atoms with Gasteiger partial charge in [0.2, 0.25) is 5.95 Å². The normalized spacial score (nSPS) is 13.6. The molecule has 5 rings (SSSR count). The second-order valence-electron chi connectivity index (χ2n) is 7.21. The lowest BCUT2D eigenvalue weighted by molar-refractivity contribution is -0.140. The number of benzene rings is 2. The van der Waals surface area contributed by atoms with Crippen molar-refractivity contribution in [3.63, 3.8) is 0 Å². The molecule has 2 N–H and O–H groups in total. The Labute approximate surface area is 183 Å². The van der Waals surface area contributed by atoms with Crippen LogP contribution in [0.5, 0.6) is 0 Å². The highest BCUT2D eigenvalue weighted by Gasteiger charge is 2.36. The first-order valence-corrected chi connectivity index (χ1v) is 9.80. The molecule has 0 amide bonds. The van der Waals surface area contributed by atoms with Crippen molar-refractivity contribution >= 4 is 40.0 Å². The topological polar surface area (TPSA) is 80.8 Å². The number of aromatic nitrogens is 4. The highest BCUT2D eigenvalue weighted by molar-refractivity contribution is 6.31. The lowest BCUT2D eigenvalue weighted by atomic mass is 10.0. The van der Waals surface area contributed by atoms with E-state index in [9.17, 15) is 17.6 Å². The summed E-state index contributed by atoms with van der Waals surface area (Å²) in [6.45, 7) is 0.504. The number of halogens is 5. The number of nitrogen functional groups attached to an aromatic ring is 1. The van der Waals surface area contributed by atoms with Crippen LogP contribution in [-0.4, -0.2) is 26.5 Å². The van der Waals surface area contributed by atoms with Gasteiger partial charge in [-0.25, -0.2) is 24.3 Å². The molecule has 0 aliphatic carbocycles. The number of hydrogen-bond acceptors (Lipinski definition) is 6. The summed E-state index contributed by atoms with van der Waals surface area (Å²) < 4.78 is 54.6. The van der Waals surface area contributed by atoms with E-state index < -0.39 is 23.6 Å². The van der Waals surface area contributed by atoms with E-state index in [1.807, 2.05) is 4.90 Å². The van der Waals surface area contributed by atoms with Gasteiger partial charge in [0.25, 0.3) is 0 Å². The van der Waals surface area contributed by atoms with Crippen LogP contribution in [0.15, 0.2) is 42.9 Å². The minimum absolute atomic E-state index is 0.0245.